The number of aryl methyl sites for hydroxylation is 1. The van der Waals surface area contributed by atoms with Crippen molar-refractivity contribution in [1.82, 2.24) is 14.8 Å². The topological polar surface area (TPSA) is 54.3 Å². The summed E-state index contributed by atoms with van der Waals surface area (Å²) in [5.41, 5.74) is 2.78. The number of thioether (sulfide) groups is 1. The van der Waals surface area contributed by atoms with E-state index >= 15 is 0 Å². The van der Waals surface area contributed by atoms with Crippen LogP contribution in [0.5, 0.6) is 0 Å². The Morgan fingerprint density at radius 1 is 1.17 bits per heavy atom. The van der Waals surface area contributed by atoms with Crippen LogP contribution in [0.15, 0.2) is 53.6 Å². The molecule has 5 nitrogen and oxygen atoms in total. The Balaban J connectivity index is 1.56. The van der Waals surface area contributed by atoms with Crippen LogP contribution in [0, 0.1) is 5.82 Å². The quantitative estimate of drug-likeness (QED) is 0.695. The first-order valence-corrected chi connectivity index (χ1v) is 11.1. The maximum absolute atomic E-state index is 13.5. The second-order valence-electron chi connectivity index (χ2n) is 7.86. The fourth-order valence-electron chi connectivity index (χ4n) is 4.24. The summed E-state index contributed by atoms with van der Waals surface area (Å²) >= 11 is 1.51. The molecule has 2 aromatic carbocycles. The van der Waals surface area contributed by atoms with E-state index in [2.05, 4.69) is 9.88 Å². The summed E-state index contributed by atoms with van der Waals surface area (Å²) in [7, 11) is 1.99. The van der Waals surface area contributed by atoms with Crippen LogP contribution in [0.4, 0.5) is 4.39 Å². The highest BCUT2D eigenvalue weighted by Gasteiger charge is 2.45. The van der Waals surface area contributed by atoms with E-state index in [0.29, 0.717) is 5.75 Å². The largest absolute Gasteiger partial charge is 0.350 e. The zero-order chi connectivity index (χ0) is 20.8. The van der Waals surface area contributed by atoms with Gasteiger partial charge in [-0.3, -0.25) is 9.59 Å². The average Bonchev–Trinajstić information content (AvgIpc) is 3.56. The van der Waals surface area contributed by atoms with Gasteiger partial charge in [0.2, 0.25) is 11.8 Å². The van der Waals surface area contributed by atoms with Crippen LogP contribution in [-0.2, 0) is 23.2 Å². The first-order chi connectivity index (χ1) is 14.5. The van der Waals surface area contributed by atoms with Crippen molar-refractivity contribution in [2.24, 2.45) is 7.05 Å². The third-order valence-corrected chi connectivity index (χ3v) is 6.99. The van der Waals surface area contributed by atoms with Crippen LogP contribution >= 0.6 is 11.8 Å². The molecular weight excluding hydrogens is 401 g/mol. The van der Waals surface area contributed by atoms with E-state index in [9.17, 15) is 14.0 Å². The summed E-state index contributed by atoms with van der Waals surface area (Å²) in [5, 5.41) is 4.96. The van der Waals surface area contributed by atoms with Crippen LogP contribution in [0.2, 0.25) is 0 Å². The molecule has 5 rings (SSSR count). The third-order valence-electron chi connectivity index (χ3n) is 5.83. The summed E-state index contributed by atoms with van der Waals surface area (Å²) in [4.78, 5) is 28.3. The van der Waals surface area contributed by atoms with Crippen molar-refractivity contribution in [2.75, 3.05) is 5.75 Å². The van der Waals surface area contributed by atoms with Gasteiger partial charge in [0.1, 0.15) is 11.9 Å². The molecule has 0 bridgehead atoms. The van der Waals surface area contributed by atoms with Gasteiger partial charge in [-0.1, -0.05) is 42.1 Å². The lowest BCUT2D eigenvalue weighted by atomic mass is 10.0. The Bertz CT molecular complexity index is 1140. The molecule has 0 spiro atoms. The highest BCUT2D eigenvalue weighted by Crippen LogP contribution is 2.45. The Hall–Kier alpha value is -2.80. The number of hydrogen-bond donors (Lipinski definition) is 1. The van der Waals surface area contributed by atoms with Gasteiger partial charge in [-0.05, 0) is 36.6 Å². The van der Waals surface area contributed by atoms with Crippen molar-refractivity contribution in [3.8, 4) is 0 Å². The maximum Gasteiger partial charge on any atom is 0.247 e. The molecule has 7 heteroatoms. The van der Waals surface area contributed by atoms with Crippen LogP contribution < -0.4 is 5.32 Å². The molecule has 0 radical (unpaired) electrons. The Morgan fingerprint density at radius 3 is 2.63 bits per heavy atom. The fraction of sp³-hybridized carbons (Fsp3) is 0.304. The first kappa shape index (κ1) is 19.2. The number of para-hydroxylation sites is 1. The summed E-state index contributed by atoms with van der Waals surface area (Å²) in [6, 6.07) is 13.5. The van der Waals surface area contributed by atoms with Gasteiger partial charge in [0.15, 0.2) is 0 Å². The number of nitrogens with zero attached hydrogens (tertiary/aromatic N) is 2. The second-order valence-corrected chi connectivity index (χ2v) is 8.83. The summed E-state index contributed by atoms with van der Waals surface area (Å²) in [6.45, 7) is 0.287. The van der Waals surface area contributed by atoms with E-state index in [1.165, 1.54) is 23.9 Å². The minimum Gasteiger partial charge on any atom is -0.350 e. The van der Waals surface area contributed by atoms with Crippen molar-refractivity contribution >= 4 is 34.5 Å². The van der Waals surface area contributed by atoms with E-state index in [0.717, 1.165) is 39.9 Å². The molecule has 1 atom stereocenters. The number of nitrogens with one attached hydrogen (secondary N) is 1. The molecule has 1 aromatic heterocycles. The van der Waals surface area contributed by atoms with E-state index in [1.54, 1.807) is 17.0 Å². The lowest BCUT2D eigenvalue weighted by Gasteiger charge is -2.29. The number of fused-ring (bicyclic) bond motifs is 3. The number of amides is 2. The molecule has 1 N–H and O–H groups in total. The molecule has 0 saturated heterocycles. The van der Waals surface area contributed by atoms with Crippen molar-refractivity contribution in [3.05, 3.63) is 65.5 Å². The monoisotopic (exact) mass is 423 g/mol. The number of carbonyl (C=O) groups is 2. The number of hydrogen-bond acceptors (Lipinski definition) is 3. The van der Waals surface area contributed by atoms with E-state index < -0.39 is 6.04 Å². The van der Waals surface area contributed by atoms with Gasteiger partial charge in [0.25, 0.3) is 0 Å². The molecule has 2 heterocycles. The van der Waals surface area contributed by atoms with Gasteiger partial charge >= 0.3 is 0 Å². The average molecular weight is 424 g/mol. The molecule has 3 aromatic rings. The van der Waals surface area contributed by atoms with Crippen molar-refractivity contribution in [2.45, 2.75) is 36.5 Å². The zero-order valence-corrected chi connectivity index (χ0v) is 17.4. The van der Waals surface area contributed by atoms with E-state index in [-0.39, 0.29) is 30.2 Å². The normalized spacial score (nSPS) is 18.9. The highest BCUT2D eigenvalue weighted by molar-refractivity contribution is 8.00. The predicted molar refractivity (Wildman–Crippen MR) is 114 cm³/mol. The lowest BCUT2D eigenvalue weighted by molar-refractivity contribution is -0.139. The van der Waals surface area contributed by atoms with E-state index in [1.807, 2.05) is 31.3 Å². The Labute approximate surface area is 178 Å². The molecular formula is C23H22FN3O2S. The lowest BCUT2D eigenvalue weighted by Crippen LogP contribution is -2.44. The van der Waals surface area contributed by atoms with E-state index in [4.69, 9.17) is 0 Å². The van der Waals surface area contributed by atoms with Crippen LogP contribution in [0.25, 0.3) is 10.9 Å². The minimum absolute atomic E-state index is 0.00436. The van der Waals surface area contributed by atoms with Gasteiger partial charge in [-0.15, -0.1) is 0 Å². The standard InChI is InChI=1S/C23H22FN3O2S/c1-26-18-5-3-2-4-17(18)20-21(22(29)25-12-14-6-8-15(24)9-7-14)27(16-10-11-16)19(28)13-30-23(20)26/h2-9,16,21H,10-13H2,1H3,(H,25,29). The van der Waals surface area contributed by atoms with Gasteiger partial charge in [0, 0.05) is 36.1 Å². The molecule has 30 heavy (non-hydrogen) atoms. The second kappa shape index (κ2) is 7.47. The van der Waals surface area contributed by atoms with Crippen molar-refractivity contribution < 1.29 is 14.0 Å². The SMILES string of the molecule is Cn1c2c(c3ccccc31)C(C(=O)NCc1ccc(F)cc1)N(C1CC1)C(=O)CS2. The minimum atomic E-state index is -0.665. The number of carbonyl (C=O) groups excluding carboxylic acids is 2. The summed E-state index contributed by atoms with van der Waals surface area (Å²) < 4.78 is 15.3. The third kappa shape index (κ3) is 3.27. The highest BCUT2D eigenvalue weighted by atomic mass is 32.2. The number of halogens is 1. The van der Waals surface area contributed by atoms with Gasteiger partial charge in [-0.2, -0.15) is 0 Å². The molecule has 1 aliphatic carbocycles. The zero-order valence-electron chi connectivity index (χ0n) is 16.6. The van der Waals surface area contributed by atoms with Crippen molar-refractivity contribution in [1.29, 1.82) is 0 Å². The maximum atomic E-state index is 13.5. The Kier molecular flexibility index (Phi) is 4.77. The van der Waals surface area contributed by atoms with Crippen LogP contribution in [0.3, 0.4) is 0 Å². The molecule has 1 fully saturated rings. The molecule has 2 aliphatic rings. The molecule has 1 aliphatic heterocycles. The Morgan fingerprint density at radius 2 is 1.90 bits per heavy atom. The smallest absolute Gasteiger partial charge is 0.247 e. The van der Waals surface area contributed by atoms with Gasteiger partial charge in [0.05, 0.1) is 10.8 Å². The summed E-state index contributed by atoms with van der Waals surface area (Å²) in [5.74, 6) is -0.170. The first-order valence-electron chi connectivity index (χ1n) is 10.1. The molecule has 1 unspecified atom stereocenters. The number of benzene rings is 2. The predicted octanol–water partition coefficient (Wildman–Crippen LogP) is 3.77. The van der Waals surface area contributed by atoms with Crippen molar-refractivity contribution in [3.63, 3.8) is 0 Å². The summed E-state index contributed by atoms with van der Waals surface area (Å²) in [6.07, 6.45) is 1.86. The molecule has 154 valence electrons. The van der Waals surface area contributed by atoms with Crippen LogP contribution in [-0.4, -0.2) is 33.1 Å². The number of aromatic nitrogens is 1. The molecule has 2 amide bonds. The number of rotatable bonds is 4. The van der Waals surface area contributed by atoms with Gasteiger partial charge in [-0.25, -0.2) is 4.39 Å². The van der Waals surface area contributed by atoms with Crippen LogP contribution in [0.1, 0.15) is 30.0 Å². The van der Waals surface area contributed by atoms with Gasteiger partial charge < -0.3 is 14.8 Å². The fourth-order valence-corrected chi connectivity index (χ4v) is 5.32. The molecule has 1 saturated carbocycles.